The van der Waals surface area contributed by atoms with E-state index in [1.165, 1.54) is 17.7 Å². The van der Waals surface area contributed by atoms with Crippen LogP contribution in [0.4, 0.5) is 4.39 Å². The van der Waals surface area contributed by atoms with Crippen molar-refractivity contribution >= 4 is 0 Å². The molecule has 0 bridgehead atoms. The summed E-state index contributed by atoms with van der Waals surface area (Å²) < 4.78 is 18.8. The summed E-state index contributed by atoms with van der Waals surface area (Å²) in [5, 5.41) is 3.45. The first-order valence-electron chi connectivity index (χ1n) is 7.36. The van der Waals surface area contributed by atoms with Crippen molar-refractivity contribution in [2.45, 2.75) is 26.3 Å². The number of ether oxygens (including phenoxy) is 1. The van der Waals surface area contributed by atoms with E-state index in [0.29, 0.717) is 11.8 Å². The highest BCUT2D eigenvalue weighted by Crippen LogP contribution is 2.31. The smallest absolute Gasteiger partial charge is 0.126 e. The Hall–Kier alpha value is -1.87. The van der Waals surface area contributed by atoms with Crippen molar-refractivity contribution in [3.8, 4) is 16.9 Å². The topological polar surface area (TPSA) is 21.3 Å². The fourth-order valence-electron chi connectivity index (χ4n) is 2.55. The second-order valence-corrected chi connectivity index (χ2v) is 4.99. The number of methoxy groups -OCH3 is 1. The van der Waals surface area contributed by atoms with E-state index in [9.17, 15) is 4.39 Å². The van der Waals surface area contributed by atoms with Gasteiger partial charge < -0.3 is 10.1 Å². The van der Waals surface area contributed by atoms with Crippen molar-refractivity contribution in [2.24, 2.45) is 0 Å². The van der Waals surface area contributed by atoms with Gasteiger partial charge in [-0.1, -0.05) is 38.1 Å². The Balaban J connectivity index is 2.32. The van der Waals surface area contributed by atoms with Crippen LogP contribution in [0.5, 0.6) is 5.75 Å². The Kier molecular flexibility index (Phi) is 5.34. The fourth-order valence-corrected chi connectivity index (χ4v) is 2.55. The first-order chi connectivity index (χ1) is 10.2. The molecule has 2 rings (SSSR count). The monoisotopic (exact) mass is 287 g/mol. The molecule has 0 fully saturated rings. The van der Waals surface area contributed by atoms with Gasteiger partial charge in [-0.25, -0.2) is 4.39 Å². The average molecular weight is 287 g/mol. The standard InChI is InChI=1S/C18H22FNO/c1-4-17(20-5-2)14-8-6-13(7-9-14)16-12-15(19)10-11-18(16)21-3/h6-12,17,20H,4-5H2,1-3H3. The molecule has 0 aliphatic heterocycles. The number of rotatable bonds is 6. The normalized spacial score (nSPS) is 12.2. The van der Waals surface area contributed by atoms with E-state index in [-0.39, 0.29) is 5.82 Å². The minimum absolute atomic E-state index is 0.256. The van der Waals surface area contributed by atoms with Gasteiger partial charge >= 0.3 is 0 Å². The lowest BCUT2D eigenvalue weighted by atomic mass is 9.99. The van der Waals surface area contributed by atoms with Crippen LogP contribution in [0.25, 0.3) is 11.1 Å². The summed E-state index contributed by atoms with van der Waals surface area (Å²) in [5.74, 6) is 0.428. The van der Waals surface area contributed by atoms with Crippen LogP contribution in [0, 0.1) is 5.82 Å². The molecule has 0 aliphatic rings. The maximum Gasteiger partial charge on any atom is 0.126 e. The molecular weight excluding hydrogens is 265 g/mol. The third-order valence-electron chi connectivity index (χ3n) is 3.64. The molecule has 3 heteroatoms. The maximum atomic E-state index is 13.5. The third kappa shape index (κ3) is 3.61. The Morgan fingerprint density at radius 2 is 1.81 bits per heavy atom. The van der Waals surface area contributed by atoms with Gasteiger partial charge in [0.1, 0.15) is 11.6 Å². The molecule has 2 nitrogen and oxygen atoms in total. The van der Waals surface area contributed by atoms with Gasteiger partial charge in [-0.05, 0) is 42.3 Å². The van der Waals surface area contributed by atoms with Gasteiger partial charge in [0.25, 0.3) is 0 Å². The van der Waals surface area contributed by atoms with Gasteiger partial charge in [-0.15, -0.1) is 0 Å². The van der Waals surface area contributed by atoms with Crippen LogP contribution >= 0.6 is 0 Å². The van der Waals surface area contributed by atoms with E-state index in [4.69, 9.17) is 4.74 Å². The molecule has 0 radical (unpaired) electrons. The van der Waals surface area contributed by atoms with Crippen molar-refractivity contribution in [3.63, 3.8) is 0 Å². The maximum absolute atomic E-state index is 13.5. The number of nitrogens with one attached hydrogen (secondary N) is 1. The summed E-state index contributed by atoms with van der Waals surface area (Å²) in [6.45, 7) is 5.21. The molecule has 1 N–H and O–H groups in total. The second kappa shape index (κ2) is 7.23. The lowest BCUT2D eigenvalue weighted by Crippen LogP contribution is -2.19. The SMILES string of the molecule is CCNC(CC)c1ccc(-c2cc(F)ccc2OC)cc1. The second-order valence-electron chi connectivity index (χ2n) is 4.99. The van der Waals surface area contributed by atoms with E-state index in [1.54, 1.807) is 13.2 Å². The summed E-state index contributed by atoms with van der Waals surface area (Å²) in [6.07, 6.45) is 1.04. The quantitative estimate of drug-likeness (QED) is 0.840. The molecule has 0 aromatic heterocycles. The van der Waals surface area contributed by atoms with Crippen LogP contribution in [0.3, 0.4) is 0 Å². The van der Waals surface area contributed by atoms with Crippen molar-refractivity contribution < 1.29 is 9.13 Å². The lowest BCUT2D eigenvalue weighted by Gasteiger charge is -2.17. The highest BCUT2D eigenvalue weighted by molar-refractivity contribution is 5.70. The minimum atomic E-state index is -0.256. The summed E-state index contributed by atoms with van der Waals surface area (Å²) in [6, 6.07) is 13.2. The summed E-state index contributed by atoms with van der Waals surface area (Å²) in [7, 11) is 1.60. The Morgan fingerprint density at radius 1 is 1.10 bits per heavy atom. The van der Waals surface area contributed by atoms with Gasteiger partial charge in [0.05, 0.1) is 7.11 Å². The van der Waals surface area contributed by atoms with Crippen molar-refractivity contribution in [2.75, 3.05) is 13.7 Å². The van der Waals surface area contributed by atoms with Gasteiger partial charge in [-0.2, -0.15) is 0 Å². The molecule has 21 heavy (non-hydrogen) atoms. The van der Waals surface area contributed by atoms with Gasteiger partial charge in [0.15, 0.2) is 0 Å². The van der Waals surface area contributed by atoms with Gasteiger partial charge in [0.2, 0.25) is 0 Å². The fraction of sp³-hybridized carbons (Fsp3) is 0.333. The molecule has 0 saturated carbocycles. The van der Waals surface area contributed by atoms with Crippen molar-refractivity contribution in [1.82, 2.24) is 5.32 Å². The van der Waals surface area contributed by atoms with Crippen LogP contribution < -0.4 is 10.1 Å². The highest BCUT2D eigenvalue weighted by atomic mass is 19.1. The zero-order chi connectivity index (χ0) is 15.2. The number of halogens is 1. The van der Waals surface area contributed by atoms with Gasteiger partial charge in [0, 0.05) is 11.6 Å². The average Bonchev–Trinajstić information content (AvgIpc) is 2.53. The van der Waals surface area contributed by atoms with E-state index in [0.717, 1.165) is 24.1 Å². The molecule has 0 heterocycles. The molecule has 112 valence electrons. The molecule has 0 aliphatic carbocycles. The highest BCUT2D eigenvalue weighted by Gasteiger charge is 2.10. The van der Waals surface area contributed by atoms with E-state index < -0.39 is 0 Å². The summed E-state index contributed by atoms with van der Waals surface area (Å²) in [4.78, 5) is 0. The largest absolute Gasteiger partial charge is 0.496 e. The molecule has 2 aromatic rings. The Morgan fingerprint density at radius 3 is 2.38 bits per heavy atom. The van der Waals surface area contributed by atoms with Gasteiger partial charge in [-0.3, -0.25) is 0 Å². The first-order valence-corrected chi connectivity index (χ1v) is 7.36. The van der Waals surface area contributed by atoms with E-state index >= 15 is 0 Å². The lowest BCUT2D eigenvalue weighted by molar-refractivity contribution is 0.415. The molecule has 2 aromatic carbocycles. The molecule has 1 unspecified atom stereocenters. The molecule has 0 amide bonds. The number of hydrogen-bond acceptors (Lipinski definition) is 2. The van der Waals surface area contributed by atoms with Crippen LogP contribution in [0.15, 0.2) is 42.5 Å². The summed E-state index contributed by atoms with van der Waals surface area (Å²) >= 11 is 0. The van der Waals surface area contributed by atoms with Crippen LogP contribution in [-0.2, 0) is 0 Å². The third-order valence-corrected chi connectivity index (χ3v) is 3.64. The number of benzene rings is 2. The zero-order valence-electron chi connectivity index (χ0n) is 12.8. The van der Waals surface area contributed by atoms with E-state index in [2.05, 4.69) is 31.3 Å². The Labute approximate surface area is 126 Å². The predicted molar refractivity (Wildman–Crippen MR) is 85.1 cm³/mol. The van der Waals surface area contributed by atoms with Crippen LogP contribution in [-0.4, -0.2) is 13.7 Å². The summed E-state index contributed by atoms with van der Waals surface area (Å²) in [5.41, 5.74) is 2.99. The molecule has 1 atom stereocenters. The zero-order valence-corrected chi connectivity index (χ0v) is 12.8. The predicted octanol–water partition coefficient (Wildman–Crippen LogP) is 4.56. The van der Waals surface area contributed by atoms with E-state index in [1.807, 2.05) is 12.1 Å². The molecular formula is C18H22FNO. The Bertz CT molecular complexity index is 580. The molecule has 0 saturated heterocycles. The number of hydrogen-bond donors (Lipinski definition) is 1. The molecule has 0 spiro atoms. The minimum Gasteiger partial charge on any atom is -0.496 e. The van der Waals surface area contributed by atoms with Crippen molar-refractivity contribution in [1.29, 1.82) is 0 Å². The first kappa shape index (κ1) is 15.5. The van der Waals surface area contributed by atoms with Crippen molar-refractivity contribution in [3.05, 3.63) is 53.8 Å². The van der Waals surface area contributed by atoms with Crippen LogP contribution in [0.1, 0.15) is 31.9 Å². The van der Waals surface area contributed by atoms with Crippen LogP contribution in [0.2, 0.25) is 0 Å².